The van der Waals surface area contributed by atoms with Gasteiger partial charge in [-0.1, -0.05) is 59.3 Å². The standard InChI is InChI=1S/C32H35N5O5/c1-22-7-5-8-23(19-22)16-17-36(29(38)21-37-28-11-4-3-10-27(28)34-35-37)30(31(39)33-20-26-9-6-18-42-26)24-12-14-25(15-13-24)32(40)41-2/h3-5,7-8,10-15,19,26,30H,6,9,16-18,20-21H2,1-2H3,(H,33,39). The minimum Gasteiger partial charge on any atom is -0.465 e. The molecule has 0 spiro atoms. The van der Waals surface area contributed by atoms with Gasteiger partial charge in [-0.3, -0.25) is 9.59 Å². The maximum atomic E-state index is 14.1. The molecule has 218 valence electrons. The number of carbonyl (C=O) groups is 3. The van der Waals surface area contributed by atoms with Crippen molar-refractivity contribution < 1.29 is 23.9 Å². The zero-order chi connectivity index (χ0) is 29.5. The predicted octanol–water partition coefficient (Wildman–Crippen LogP) is 3.63. The van der Waals surface area contributed by atoms with Crippen LogP contribution in [0.4, 0.5) is 0 Å². The molecule has 4 aromatic rings. The molecule has 2 heterocycles. The number of ether oxygens (including phenoxy) is 2. The number of esters is 1. The Morgan fingerprint density at radius 3 is 2.64 bits per heavy atom. The molecular formula is C32H35N5O5. The number of aryl methyl sites for hydroxylation is 1. The van der Waals surface area contributed by atoms with Gasteiger partial charge in [-0.25, -0.2) is 9.48 Å². The van der Waals surface area contributed by atoms with Crippen LogP contribution in [0.15, 0.2) is 72.8 Å². The van der Waals surface area contributed by atoms with Crippen molar-refractivity contribution in [2.75, 3.05) is 26.8 Å². The molecule has 0 aliphatic carbocycles. The zero-order valence-electron chi connectivity index (χ0n) is 23.9. The van der Waals surface area contributed by atoms with Crippen LogP contribution >= 0.6 is 0 Å². The second-order valence-electron chi connectivity index (χ2n) is 10.5. The Morgan fingerprint density at radius 2 is 1.90 bits per heavy atom. The van der Waals surface area contributed by atoms with Gasteiger partial charge in [0, 0.05) is 19.7 Å². The molecule has 1 saturated heterocycles. The highest BCUT2D eigenvalue weighted by Gasteiger charge is 2.32. The van der Waals surface area contributed by atoms with E-state index in [4.69, 9.17) is 9.47 Å². The van der Waals surface area contributed by atoms with Gasteiger partial charge in [0.2, 0.25) is 11.8 Å². The summed E-state index contributed by atoms with van der Waals surface area (Å²) in [4.78, 5) is 41.7. The van der Waals surface area contributed by atoms with Crippen molar-refractivity contribution in [3.63, 3.8) is 0 Å². The van der Waals surface area contributed by atoms with Gasteiger partial charge in [0.05, 0.1) is 24.3 Å². The molecule has 10 heteroatoms. The molecule has 1 aliphatic heterocycles. The number of methoxy groups -OCH3 is 1. The lowest BCUT2D eigenvalue weighted by Gasteiger charge is -2.32. The maximum absolute atomic E-state index is 14.1. The van der Waals surface area contributed by atoms with Crippen molar-refractivity contribution in [2.24, 2.45) is 0 Å². The van der Waals surface area contributed by atoms with E-state index in [1.165, 1.54) is 7.11 Å². The third-order valence-electron chi connectivity index (χ3n) is 7.48. The average Bonchev–Trinajstić information content (AvgIpc) is 3.68. The second-order valence-corrected chi connectivity index (χ2v) is 10.5. The van der Waals surface area contributed by atoms with Gasteiger partial charge in [-0.2, -0.15) is 0 Å². The number of nitrogens with one attached hydrogen (secondary N) is 1. The van der Waals surface area contributed by atoms with Gasteiger partial charge in [0.25, 0.3) is 0 Å². The molecule has 1 N–H and O–H groups in total. The number of rotatable bonds is 11. The number of amides is 2. The minimum atomic E-state index is -0.954. The molecule has 0 radical (unpaired) electrons. The topological polar surface area (TPSA) is 116 Å². The lowest BCUT2D eigenvalue weighted by molar-refractivity contribution is -0.141. The second kappa shape index (κ2) is 13.4. The summed E-state index contributed by atoms with van der Waals surface area (Å²) in [5.74, 6) is -1.09. The molecule has 42 heavy (non-hydrogen) atoms. The number of nitrogens with zero attached hydrogens (tertiary/aromatic N) is 4. The Hall–Kier alpha value is -4.57. The summed E-state index contributed by atoms with van der Waals surface area (Å²) >= 11 is 0. The number of hydrogen-bond acceptors (Lipinski definition) is 7. The predicted molar refractivity (Wildman–Crippen MR) is 157 cm³/mol. The molecule has 2 amide bonds. The molecule has 2 unspecified atom stereocenters. The Kier molecular flexibility index (Phi) is 9.23. The van der Waals surface area contributed by atoms with Crippen LogP contribution in [0.25, 0.3) is 11.0 Å². The Balaban J connectivity index is 1.48. The highest BCUT2D eigenvalue weighted by Crippen LogP contribution is 2.25. The summed E-state index contributed by atoms with van der Waals surface area (Å²) < 4.78 is 12.1. The van der Waals surface area contributed by atoms with E-state index < -0.39 is 12.0 Å². The van der Waals surface area contributed by atoms with Crippen molar-refractivity contribution in [2.45, 2.75) is 44.9 Å². The molecule has 0 saturated carbocycles. The summed E-state index contributed by atoms with van der Waals surface area (Å²) in [6.07, 6.45) is 2.30. The van der Waals surface area contributed by atoms with Gasteiger partial charge >= 0.3 is 5.97 Å². The molecule has 1 aliphatic rings. The fourth-order valence-electron chi connectivity index (χ4n) is 5.28. The summed E-state index contributed by atoms with van der Waals surface area (Å²) in [5, 5.41) is 11.4. The van der Waals surface area contributed by atoms with Crippen LogP contribution in [0.2, 0.25) is 0 Å². The van der Waals surface area contributed by atoms with Crippen LogP contribution in [0.3, 0.4) is 0 Å². The number of carbonyl (C=O) groups excluding carboxylic acids is 3. The van der Waals surface area contributed by atoms with Crippen LogP contribution in [0.5, 0.6) is 0 Å². The van der Waals surface area contributed by atoms with E-state index in [-0.39, 0.29) is 31.0 Å². The average molecular weight is 570 g/mol. The van der Waals surface area contributed by atoms with E-state index in [1.54, 1.807) is 33.8 Å². The summed E-state index contributed by atoms with van der Waals surface area (Å²) in [6, 6.07) is 21.2. The highest BCUT2D eigenvalue weighted by molar-refractivity contribution is 5.91. The van der Waals surface area contributed by atoms with Crippen LogP contribution < -0.4 is 5.32 Å². The van der Waals surface area contributed by atoms with Crippen LogP contribution in [-0.2, 0) is 32.0 Å². The van der Waals surface area contributed by atoms with E-state index in [0.29, 0.717) is 36.2 Å². The molecule has 3 aromatic carbocycles. The van der Waals surface area contributed by atoms with Crippen molar-refractivity contribution in [1.82, 2.24) is 25.2 Å². The fourth-order valence-corrected chi connectivity index (χ4v) is 5.28. The largest absolute Gasteiger partial charge is 0.465 e. The third kappa shape index (κ3) is 6.83. The van der Waals surface area contributed by atoms with Crippen LogP contribution in [0, 0.1) is 6.92 Å². The first-order chi connectivity index (χ1) is 20.4. The SMILES string of the molecule is COC(=O)c1ccc(C(C(=O)NCC2CCCO2)N(CCc2cccc(C)c2)C(=O)Cn2nnc3ccccc32)cc1. The molecule has 10 nitrogen and oxygen atoms in total. The fraction of sp³-hybridized carbons (Fsp3) is 0.344. The lowest BCUT2D eigenvalue weighted by atomic mass is 10.0. The van der Waals surface area contributed by atoms with Gasteiger partial charge in [-0.15, -0.1) is 5.10 Å². The first-order valence-corrected chi connectivity index (χ1v) is 14.1. The lowest BCUT2D eigenvalue weighted by Crippen LogP contribution is -2.47. The number of benzene rings is 3. The first-order valence-electron chi connectivity index (χ1n) is 14.1. The van der Waals surface area contributed by atoms with Gasteiger partial charge in [-0.05, 0) is 61.6 Å². The van der Waals surface area contributed by atoms with E-state index in [1.807, 2.05) is 49.4 Å². The Labute approximate surface area is 244 Å². The maximum Gasteiger partial charge on any atom is 0.337 e. The number of hydrogen-bond donors (Lipinski definition) is 1. The summed E-state index contributed by atoms with van der Waals surface area (Å²) in [7, 11) is 1.32. The molecule has 0 bridgehead atoms. The molecule has 5 rings (SSSR count). The first kappa shape index (κ1) is 28.9. The van der Waals surface area contributed by atoms with Gasteiger partial charge in [0.1, 0.15) is 18.1 Å². The summed E-state index contributed by atoms with van der Waals surface area (Å²) in [5.41, 5.74) is 4.51. The smallest absolute Gasteiger partial charge is 0.337 e. The number of fused-ring (bicyclic) bond motifs is 1. The number of para-hydroxylation sites is 1. The van der Waals surface area contributed by atoms with E-state index >= 15 is 0 Å². The van der Waals surface area contributed by atoms with E-state index in [0.717, 1.165) is 29.5 Å². The van der Waals surface area contributed by atoms with Crippen molar-refractivity contribution >= 4 is 28.8 Å². The zero-order valence-corrected chi connectivity index (χ0v) is 23.9. The summed E-state index contributed by atoms with van der Waals surface area (Å²) in [6.45, 7) is 3.23. The highest BCUT2D eigenvalue weighted by atomic mass is 16.5. The van der Waals surface area contributed by atoms with Gasteiger partial charge in [0.15, 0.2) is 0 Å². The molecular weight excluding hydrogens is 534 g/mol. The quantitative estimate of drug-likeness (QED) is 0.274. The molecule has 1 fully saturated rings. The van der Waals surface area contributed by atoms with Crippen molar-refractivity contribution in [3.8, 4) is 0 Å². The van der Waals surface area contributed by atoms with E-state index in [9.17, 15) is 14.4 Å². The number of aromatic nitrogens is 3. The normalized spacial score (nSPS) is 15.3. The Morgan fingerprint density at radius 1 is 1.10 bits per heavy atom. The third-order valence-corrected chi connectivity index (χ3v) is 7.48. The molecule has 1 aromatic heterocycles. The van der Waals surface area contributed by atoms with Crippen molar-refractivity contribution in [3.05, 3.63) is 95.1 Å². The van der Waals surface area contributed by atoms with Crippen LogP contribution in [-0.4, -0.2) is 70.6 Å². The minimum absolute atomic E-state index is 0.0609. The Bertz CT molecular complexity index is 1540. The monoisotopic (exact) mass is 569 g/mol. The van der Waals surface area contributed by atoms with E-state index in [2.05, 4.69) is 21.7 Å². The van der Waals surface area contributed by atoms with Crippen LogP contribution in [0.1, 0.15) is 45.9 Å². The molecule has 2 atom stereocenters. The van der Waals surface area contributed by atoms with Gasteiger partial charge < -0.3 is 19.7 Å². The van der Waals surface area contributed by atoms with Crippen molar-refractivity contribution in [1.29, 1.82) is 0 Å².